The quantitative estimate of drug-likeness (QED) is 0.455. The van der Waals surface area contributed by atoms with Gasteiger partial charge in [0.1, 0.15) is 6.54 Å². The molecule has 0 saturated heterocycles. The Balaban J connectivity index is 1.89. The Morgan fingerprint density at radius 2 is 1.53 bits per heavy atom. The summed E-state index contributed by atoms with van der Waals surface area (Å²) in [6.45, 7) is 7.69. The molecule has 0 bridgehead atoms. The third-order valence-corrected chi connectivity index (χ3v) is 7.78. The zero-order chi connectivity index (χ0) is 23.5. The second-order valence-electron chi connectivity index (χ2n) is 7.88. The van der Waals surface area contributed by atoms with Gasteiger partial charge in [-0.25, -0.2) is 8.42 Å². The van der Waals surface area contributed by atoms with Crippen molar-refractivity contribution < 1.29 is 13.2 Å². The van der Waals surface area contributed by atoms with Gasteiger partial charge in [0.15, 0.2) is 0 Å². The zero-order valence-corrected chi connectivity index (χ0v) is 21.0. The van der Waals surface area contributed by atoms with Gasteiger partial charge >= 0.3 is 0 Å². The molecule has 7 heteroatoms. The summed E-state index contributed by atoms with van der Waals surface area (Å²) in [5.74, 6) is -0.377. The third-order valence-electron chi connectivity index (χ3n) is 5.46. The van der Waals surface area contributed by atoms with Crippen molar-refractivity contribution in [2.75, 3.05) is 10.8 Å². The predicted molar refractivity (Wildman–Crippen MR) is 132 cm³/mol. The Morgan fingerprint density at radius 1 is 0.938 bits per heavy atom. The molecule has 0 aliphatic carbocycles. The third kappa shape index (κ3) is 5.40. The number of nitrogens with one attached hydrogen (secondary N) is 1. The SMILES string of the molecule is Cc1cc(C)c(C(C)NC(=O)CN(c2ccc(Br)cc2)S(=O)(=O)c2ccccc2)cc1C. The van der Waals surface area contributed by atoms with Crippen LogP contribution in [0.25, 0.3) is 0 Å². The van der Waals surface area contributed by atoms with Gasteiger partial charge < -0.3 is 5.32 Å². The van der Waals surface area contributed by atoms with E-state index in [9.17, 15) is 13.2 Å². The largest absolute Gasteiger partial charge is 0.348 e. The first-order chi connectivity index (χ1) is 15.1. The van der Waals surface area contributed by atoms with Crippen LogP contribution in [0.5, 0.6) is 0 Å². The molecule has 0 aliphatic rings. The molecule has 0 spiro atoms. The van der Waals surface area contributed by atoms with Crippen LogP contribution in [-0.2, 0) is 14.8 Å². The number of halogens is 1. The number of hydrogen-bond acceptors (Lipinski definition) is 3. The number of anilines is 1. The molecule has 1 N–H and O–H groups in total. The summed E-state index contributed by atoms with van der Waals surface area (Å²) < 4.78 is 28.7. The molecule has 0 radical (unpaired) electrons. The van der Waals surface area contributed by atoms with Crippen molar-refractivity contribution in [3.8, 4) is 0 Å². The van der Waals surface area contributed by atoms with Crippen LogP contribution >= 0.6 is 15.9 Å². The molecular formula is C25H27BrN2O3S. The van der Waals surface area contributed by atoms with Gasteiger partial charge in [-0.15, -0.1) is 0 Å². The molecule has 0 aliphatic heterocycles. The summed E-state index contributed by atoms with van der Waals surface area (Å²) in [7, 11) is -3.93. The van der Waals surface area contributed by atoms with Gasteiger partial charge in [0, 0.05) is 4.47 Å². The van der Waals surface area contributed by atoms with Gasteiger partial charge in [0.2, 0.25) is 5.91 Å². The second-order valence-corrected chi connectivity index (χ2v) is 10.7. The minimum atomic E-state index is -3.93. The molecule has 3 aromatic rings. The highest BCUT2D eigenvalue weighted by molar-refractivity contribution is 9.10. The van der Waals surface area contributed by atoms with Crippen molar-refractivity contribution in [3.05, 3.63) is 93.5 Å². The lowest BCUT2D eigenvalue weighted by Crippen LogP contribution is -2.41. The minimum Gasteiger partial charge on any atom is -0.348 e. The Labute approximate surface area is 198 Å². The van der Waals surface area contributed by atoms with Crippen LogP contribution in [0.2, 0.25) is 0 Å². The molecule has 5 nitrogen and oxygen atoms in total. The number of benzene rings is 3. The summed E-state index contributed by atoms with van der Waals surface area (Å²) in [6.07, 6.45) is 0. The summed E-state index contributed by atoms with van der Waals surface area (Å²) >= 11 is 3.37. The highest BCUT2D eigenvalue weighted by Gasteiger charge is 2.27. The second kappa shape index (κ2) is 9.88. The van der Waals surface area contributed by atoms with E-state index in [2.05, 4.69) is 40.3 Å². The van der Waals surface area contributed by atoms with E-state index in [-0.39, 0.29) is 23.4 Å². The number of rotatable bonds is 7. The number of hydrogen-bond donors (Lipinski definition) is 1. The van der Waals surface area contributed by atoms with Gasteiger partial charge in [-0.05, 0) is 86.3 Å². The molecule has 3 rings (SSSR count). The topological polar surface area (TPSA) is 66.5 Å². The highest BCUT2D eigenvalue weighted by Crippen LogP contribution is 2.26. The molecule has 1 unspecified atom stereocenters. The lowest BCUT2D eigenvalue weighted by atomic mass is 9.96. The van der Waals surface area contributed by atoms with E-state index in [0.29, 0.717) is 5.69 Å². The fourth-order valence-corrected chi connectivity index (χ4v) is 5.29. The number of nitrogens with zero attached hydrogens (tertiary/aromatic N) is 1. The maximum absolute atomic E-state index is 13.4. The molecule has 0 saturated carbocycles. The lowest BCUT2D eigenvalue weighted by Gasteiger charge is -2.25. The van der Waals surface area contributed by atoms with Crippen LogP contribution in [-0.4, -0.2) is 20.9 Å². The van der Waals surface area contributed by atoms with Crippen molar-refractivity contribution in [1.82, 2.24) is 5.32 Å². The first-order valence-corrected chi connectivity index (χ1v) is 12.5. The first-order valence-electron chi connectivity index (χ1n) is 10.3. The van der Waals surface area contributed by atoms with E-state index >= 15 is 0 Å². The van der Waals surface area contributed by atoms with Gasteiger partial charge in [0.25, 0.3) is 10.0 Å². The van der Waals surface area contributed by atoms with Crippen LogP contribution in [0, 0.1) is 20.8 Å². The fraction of sp³-hybridized carbons (Fsp3) is 0.240. The van der Waals surface area contributed by atoms with Crippen LogP contribution in [0.3, 0.4) is 0 Å². The Hall–Kier alpha value is -2.64. The molecular weight excluding hydrogens is 488 g/mol. The average Bonchev–Trinajstić information content (AvgIpc) is 2.75. The molecule has 1 amide bonds. The van der Waals surface area contributed by atoms with Gasteiger partial charge in [-0.2, -0.15) is 0 Å². The summed E-state index contributed by atoms with van der Waals surface area (Å²) in [4.78, 5) is 13.1. The van der Waals surface area contributed by atoms with Crippen LogP contribution in [0.15, 0.2) is 76.1 Å². The van der Waals surface area contributed by atoms with Crippen LogP contribution in [0.1, 0.15) is 35.2 Å². The Kier molecular flexibility index (Phi) is 7.41. The number of carbonyl (C=O) groups excluding carboxylic acids is 1. The molecule has 0 fully saturated rings. The maximum Gasteiger partial charge on any atom is 0.264 e. The fourth-order valence-electron chi connectivity index (χ4n) is 3.59. The highest BCUT2D eigenvalue weighted by atomic mass is 79.9. The average molecular weight is 515 g/mol. The summed E-state index contributed by atoms with van der Waals surface area (Å²) in [5.41, 5.74) is 4.86. The first kappa shape index (κ1) is 24.0. The minimum absolute atomic E-state index is 0.133. The molecule has 1 atom stereocenters. The van der Waals surface area contributed by atoms with E-state index in [1.807, 2.05) is 20.8 Å². The number of amides is 1. The van der Waals surface area contributed by atoms with E-state index in [0.717, 1.165) is 25.5 Å². The molecule has 0 heterocycles. The van der Waals surface area contributed by atoms with Gasteiger partial charge in [-0.1, -0.05) is 46.3 Å². The molecule has 0 aromatic heterocycles. The van der Waals surface area contributed by atoms with Crippen LogP contribution < -0.4 is 9.62 Å². The van der Waals surface area contributed by atoms with Crippen molar-refractivity contribution in [1.29, 1.82) is 0 Å². The molecule has 168 valence electrons. The molecule has 32 heavy (non-hydrogen) atoms. The van der Waals surface area contributed by atoms with E-state index in [1.165, 1.54) is 17.7 Å². The van der Waals surface area contributed by atoms with Gasteiger partial charge in [-0.3, -0.25) is 9.10 Å². The van der Waals surface area contributed by atoms with Crippen LogP contribution in [0.4, 0.5) is 5.69 Å². The zero-order valence-electron chi connectivity index (χ0n) is 18.6. The number of sulfonamides is 1. The monoisotopic (exact) mass is 514 g/mol. The Morgan fingerprint density at radius 3 is 2.16 bits per heavy atom. The maximum atomic E-state index is 13.4. The normalized spacial score (nSPS) is 12.3. The number of aryl methyl sites for hydroxylation is 3. The van der Waals surface area contributed by atoms with Crippen molar-refractivity contribution in [2.45, 2.75) is 38.6 Å². The van der Waals surface area contributed by atoms with E-state index < -0.39 is 10.0 Å². The lowest BCUT2D eigenvalue weighted by molar-refractivity contribution is -0.120. The standard InChI is InChI=1S/C25H27BrN2O3S/c1-17-14-19(3)24(15-18(17)2)20(4)27-25(29)16-28(22-12-10-21(26)11-13-22)32(30,31)23-8-6-5-7-9-23/h5-15,20H,16H2,1-4H3,(H,27,29). The van der Waals surface area contributed by atoms with Gasteiger partial charge in [0.05, 0.1) is 16.6 Å². The van der Waals surface area contributed by atoms with E-state index in [4.69, 9.17) is 0 Å². The Bertz CT molecular complexity index is 1210. The summed E-state index contributed by atoms with van der Waals surface area (Å²) in [6, 6.07) is 18.9. The number of carbonyl (C=O) groups is 1. The van der Waals surface area contributed by atoms with Crippen molar-refractivity contribution in [2.24, 2.45) is 0 Å². The van der Waals surface area contributed by atoms with E-state index in [1.54, 1.807) is 42.5 Å². The molecule has 3 aromatic carbocycles. The van der Waals surface area contributed by atoms with Crippen molar-refractivity contribution in [3.63, 3.8) is 0 Å². The predicted octanol–water partition coefficient (Wildman–Crippen LogP) is 5.45. The summed E-state index contributed by atoms with van der Waals surface area (Å²) in [5, 5.41) is 2.96. The smallest absolute Gasteiger partial charge is 0.264 e. The van der Waals surface area contributed by atoms with Crippen molar-refractivity contribution >= 4 is 37.5 Å².